The van der Waals surface area contributed by atoms with E-state index in [1.54, 1.807) is 0 Å². The van der Waals surface area contributed by atoms with Crippen LogP contribution in [0, 0.1) is 0 Å². The van der Waals surface area contributed by atoms with E-state index in [0.717, 1.165) is 35.8 Å². The third-order valence-corrected chi connectivity index (χ3v) is 3.07. The Labute approximate surface area is 93.8 Å². The highest BCUT2D eigenvalue weighted by molar-refractivity contribution is 7.80. The van der Waals surface area contributed by atoms with Gasteiger partial charge in [-0.2, -0.15) is 0 Å². The van der Waals surface area contributed by atoms with Crippen LogP contribution in [0.1, 0.15) is 12.0 Å². The molecule has 1 aromatic rings. The fraction of sp³-hybridized carbons (Fsp3) is 0.300. The van der Waals surface area contributed by atoms with Crippen molar-refractivity contribution in [3.05, 3.63) is 28.8 Å². The first-order chi connectivity index (χ1) is 6.79. The molecule has 1 N–H and O–H groups in total. The molecule has 1 heterocycles. The molecule has 14 heavy (non-hydrogen) atoms. The minimum absolute atomic E-state index is 0.668. The summed E-state index contributed by atoms with van der Waals surface area (Å²) < 4.78 is 0. The highest BCUT2D eigenvalue weighted by Gasteiger charge is 2.11. The summed E-state index contributed by atoms with van der Waals surface area (Å²) >= 11 is 10.3. The van der Waals surface area contributed by atoms with Gasteiger partial charge in [-0.25, -0.2) is 0 Å². The molecular formula is C10H11ClN2S. The van der Waals surface area contributed by atoms with Gasteiger partial charge < -0.3 is 5.32 Å². The number of halogens is 1. The molecule has 2 nitrogen and oxygen atoms in total. The van der Waals surface area contributed by atoms with Gasteiger partial charge in [0.1, 0.15) is 5.84 Å². The van der Waals surface area contributed by atoms with Crippen molar-refractivity contribution in [2.45, 2.75) is 11.3 Å². The Kier molecular flexibility index (Phi) is 2.99. The SMILES string of the molecule is Sc1c(Cl)cccc1C1=NCCCN1. The van der Waals surface area contributed by atoms with Crippen molar-refractivity contribution in [3.8, 4) is 0 Å². The predicted molar refractivity (Wildman–Crippen MR) is 62.7 cm³/mol. The van der Waals surface area contributed by atoms with Gasteiger partial charge in [0, 0.05) is 23.5 Å². The van der Waals surface area contributed by atoms with Crippen LogP contribution in [0.5, 0.6) is 0 Å². The largest absolute Gasteiger partial charge is 0.370 e. The lowest BCUT2D eigenvalue weighted by atomic mass is 10.2. The molecule has 0 atom stereocenters. The van der Waals surface area contributed by atoms with Crippen LogP contribution in [-0.4, -0.2) is 18.9 Å². The van der Waals surface area contributed by atoms with Crippen molar-refractivity contribution < 1.29 is 0 Å². The Hall–Kier alpha value is -0.670. The molecule has 1 aliphatic heterocycles. The first-order valence-electron chi connectivity index (χ1n) is 4.55. The summed E-state index contributed by atoms with van der Waals surface area (Å²) in [5.41, 5.74) is 0.987. The second-order valence-corrected chi connectivity index (χ2v) is 4.00. The Morgan fingerprint density at radius 1 is 1.43 bits per heavy atom. The van der Waals surface area contributed by atoms with Gasteiger partial charge in [0.25, 0.3) is 0 Å². The Balaban J connectivity index is 2.40. The monoisotopic (exact) mass is 226 g/mol. The van der Waals surface area contributed by atoms with Crippen LogP contribution in [-0.2, 0) is 0 Å². The van der Waals surface area contributed by atoms with E-state index in [9.17, 15) is 0 Å². The quantitative estimate of drug-likeness (QED) is 0.706. The van der Waals surface area contributed by atoms with Gasteiger partial charge in [0.15, 0.2) is 0 Å². The lowest BCUT2D eigenvalue weighted by Gasteiger charge is -2.16. The molecule has 0 aromatic heterocycles. The first-order valence-corrected chi connectivity index (χ1v) is 5.38. The molecule has 1 aliphatic rings. The molecule has 0 aliphatic carbocycles. The van der Waals surface area contributed by atoms with Gasteiger partial charge in [-0.3, -0.25) is 4.99 Å². The van der Waals surface area contributed by atoms with Crippen molar-refractivity contribution in [1.29, 1.82) is 0 Å². The van der Waals surface area contributed by atoms with Crippen molar-refractivity contribution >= 4 is 30.1 Å². The van der Waals surface area contributed by atoms with Crippen LogP contribution in [0.3, 0.4) is 0 Å². The average Bonchev–Trinajstić information content (AvgIpc) is 2.23. The van der Waals surface area contributed by atoms with Crippen LogP contribution in [0.25, 0.3) is 0 Å². The van der Waals surface area contributed by atoms with Gasteiger partial charge in [-0.05, 0) is 12.5 Å². The molecule has 74 valence electrons. The number of benzene rings is 1. The van der Waals surface area contributed by atoms with Crippen molar-refractivity contribution in [1.82, 2.24) is 5.32 Å². The molecule has 0 bridgehead atoms. The summed E-state index contributed by atoms with van der Waals surface area (Å²) in [6, 6.07) is 5.72. The number of nitrogens with one attached hydrogen (secondary N) is 1. The van der Waals surface area contributed by atoms with E-state index in [0.29, 0.717) is 5.02 Å². The Bertz CT molecular complexity index is 376. The summed E-state index contributed by atoms with van der Waals surface area (Å²) in [4.78, 5) is 5.19. The van der Waals surface area contributed by atoms with Gasteiger partial charge in [-0.1, -0.05) is 23.7 Å². The highest BCUT2D eigenvalue weighted by Crippen LogP contribution is 2.24. The lowest BCUT2D eigenvalue weighted by molar-refractivity contribution is 0.741. The standard InChI is InChI=1S/C10H11ClN2S/c11-8-4-1-3-7(9(8)14)10-12-5-2-6-13-10/h1,3-4,14H,2,5-6H2,(H,12,13). The summed E-state index contributed by atoms with van der Waals surface area (Å²) in [6.45, 7) is 1.85. The minimum Gasteiger partial charge on any atom is -0.370 e. The lowest BCUT2D eigenvalue weighted by Crippen LogP contribution is -2.30. The molecule has 4 heteroatoms. The number of nitrogens with zero attached hydrogens (tertiary/aromatic N) is 1. The maximum Gasteiger partial charge on any atom is 0.129 e. The molecule has 0 spiro atoms. The first kappa shape index (κ1) is 9.87. The van der Waals surface area contributed by atoms with Gasteiger partial charge >= 0.3 is 0 Å². The summed E-state index contributed by atoms with van der Waals surface area (Å²) in [7, 11) is 0. The summed E-state index contributed by atoms with van der Waals surface area (Å²) in [5.74, 6) is 0.906. The molecule has 2 rings (SSSR count). The van der Waals surface area contributed by atoms with Crippen LogP contribution in [0.2, 0.25) is 5.02 Å². The van der Waals surface area contributed by atoms with E-state index in [2.05, 4.69) is 22.9 Å². The Morgan fingerprint density at radius 3 is 3.00 bits per heavy atom. The van der Waals surface area contributed by atoms with Gasteiger partial charge in [0.05, 0.1) is 5.02 Å². The third-order valence-electron chi connectivity index (χ3n) is 2.14. The molecule has 0 amide bonds. The Morgan fingerprint density at radius 2 is 2.29 bits per heavy atom. The van der Waals surface area contributed by atoms with Crippen molar-refractivity contribution in [3.63, 3.8) is 0 Å². The second kappa shape index (κ2) is 4.24. The molecular weight excluding hydrogens is 216 g/mol. The average molecular weight is 227 g/mol. The predicted octanol–water partition coefficient (Wildman–Crippen LogP) is 2.37. The zero-order chi connectivity index (χ0) is 9.97. The zero-order valence-electron chi connectivity index (χ0n) is 7.63. The number of rotatable bonds is 1. The minimum atomic E-state index is 0.668. The fourth-order valence-electron chi connectivity index (χ4n) is 1.42. The number of thiol groups is 1. The molecule has 0 fully saturated rings. The van der Waals surface area contributed by atoms with Crippen LogP contribution >= 0.6 is 24.2 Å². The summed E-state index contributed by atoms with van der Waals surface area (Å²) in [6.07, 6.45) is 1.09. The molecule has 0 unspecified atom stereocenters. The maximum atomic E-state index is 5.97. The number of hydrogen-bond donors (Lipinski definition) is 2. The van der Waals surface area contributed by atoms with E-state index in [4.69, 9.17) is 11.6 Å². The van der Waals surface area contributed by atoms with E-state index in [1.165, 1.54) is 0 Å². The topological polar surface area (TPSA) is 24.4 Å². The van der Waals surface area contributed by atoms with Crippen molar-refractivity contribution in [2.24, 2.45) is 4.99 Å². The normalized spacial score (nSPS) is 16.0. The summed E-state index contributed by atoms with van der Waals surface area (Å²) in [5, 5.41) is 3.91. The van der Waals surface area contributed by atoms with E-state index >= 15 is 0 Å². The van der Waals surface area contributed by atoms with E-state index in [-0.39, 0.29) is 0 Å². The third kappa shape index (κ3) is 1.88. The molecule has 0 radical (unpaired) electrons. The maximum absolute atomic E-state index is 5.97. The van der Waals surface area contributed by atoms with E-state index in [1.807, 2.05) is 18.2 Å². The molecule has 0 saturated heterocycles. The highest BCUT2D eigenvalue weighted by atomic mass is 35.5. The number of amidine groups is 1. The number of hydrogen-bond acceptors (Lipinski definition) is 3. The molecule has 0 saturated carbocycles. The number of aliphatic imine (C=N–C) groups is 1. The van der Waals surface area contributed by atoms with Gasteiger partial charge in [-0.15, -0.1) is 12.6 Å². The second-order valence-electron chi connectivity index (χ2n) is 3.15. The van der Waals surface area contributed by atoms with Gasteiger partial charge in [0.2, 0.25) is 0 Å². The fourth-order valence-corrected chi connectivity index (χ4v) is 1.85. The van der Waals surface area contributed by atoms with Crippen LogP contribution < -0.4 is 5.32 Å². The smallest absolute Gasteiger partial charge is 0.129 e. The van der Waals surface area contributed by atoms with E-state index < -0.39 is 0 Å². The zero-order valence-corrected chi connectivity index (χ0v) is 9.28. The molecule has 1 aromatic carbocycles. The van der Waals surface area contributed by atoms with Crippen LogP contribution in [0.15, 0.2) is 28.1 Å². The van der Waals surface area contributed by atoms with Crippen molar-refractivity contribution in [2.75, 3.05) is 13.1 Å². The van der Waals surface area contributed by atoms with Crippen LogP contribution in [0.4, 0.5) is 0 Å².